The largest absolute Gasteiger partial charge is 0.395 e. The Morgan fingerprint density at radius 1 is 1.38 bits per heavy atom. The summed E-state index contributed by atoms with van der Waals surface area (Å²) < 4.78 is 0. The predicted octanol–water partition coefficient (Wildman–Crippen LogP) is 2.54. The normalized spacial score (nSPS) is 12.7. The molecule has 4 heteroatoms. The van der Waals surface area contributed by atoms with Crippen LogP contribution in [0.5, 0.6) is 0 Å². The predicted molar refractivity (Wildman–Crippen MR) is 72.2 cm³/mol. The monoisotopic (exact) mass is 259 g/mol. The van der Waals surface area contributed by atoms with E-state index in [1.807, 2.05) is 30.9 Å². The molecule has 1 aromatic carbocycles. The van der Waals surface area contributed by atoms with Gasteiger partial charge in [-0.1, -0.05) is 23.7 Å². The number of hydrogen-bond acceptors (Lipinski definition) is 3. The highest BCUT2D eigenvalue weighted by Gasteiger charge is 2.03. The van der Waals surface area contributed by atoms with Gasteiger partial charge in [-0.15, -0.1) is 0 Å². The van der Waals surface area contributed by atoms with E-state index in [9.17, 15) is 0 Å². The van der Waals surface area contributed by atoms with Gasteiger partial charge in [-0.25, -0.2) is 0 Å². The summed E-state index contributed by atoms with van der Waals surface area (Å²) in [5.74, 6) is 2.05. The van der Waals surface area contributed by atoms with Gasteiger partial charge >= 0.3 is 0 Å². The van der Waals surface area contributed by atoms with E-state index in [1.54, 1.807) is 0 Å². The summed E-state index contributed by atoms with van der Waals surface area (Å²) in [4.78, 5) is 0. The number of benzene rings is 1. The minimum absolute atomic E-state index is 0.206. The number of aliphatic hydroxyl groups excluding tert-OH is 1. The molecule has 1 rings (SSSR count). The van der Waals surface area contributed by atoms with Crippen LogP contribution in [0.2, 0.25) is 5.02 Å². The Balaban J connectivity index is 2.18. The first-order valence-electron chi connectivity index (χ1n) is 5.36. The van der Waals surface area contributed by atoms with Gasteiger partial charge in [0.25, 0.3) is 0 Å². The number of aliphatic hydroxyl groups is 1. The molecule has 2 N–H and O–H groups in total. The third kappa shape index (κ3) is 5.21. The van der Waals surface area contributed by atoms with Crippen molar-refractivity contribution in [2.75, 3.05) is 19.4 Å². The molecule has 1 unspecified atom stereocenters. The number of rotatable bonds is 7. The summed E-state index contributed by atoms with van der Waals surface area (Å²) in [6.45, 7) is 0.206. The van der Waals surface area contributed by atoms with Crippen LogP contribution < -0.4 is 5.32 Å². The van der Waals surface area contributed by atoms with Crippen LogP contribution in [0.4, 0.5) is 0 Å². The highest BCUT2D eigenvalue weighted by Crippen LogP contribution is 2.16. The topological polar surface area (TPSA) is 32.3 Å². The lowest BCUT2D eigenvalue weighted by atomic mass is 10.2. The Morgan fingerprint density at radius 2 is 2.06 bits per heavy atom. The van der Waals surface area contributed by atoms with Gasteiger partial charge < -0.3 is 10.4 Å². The summed E-state index contributed by atoms with van der Waals surface area (Å²) in [5, 5.41) is 12.8. The van der Waals surface area contributed by atoms with Crippen molar-refractivity contribution >= 4 is 23.4 Å². The zero-order valence-electron chi connectivity index (χ0n) is 9.45. The molecule has 90 valence electrons. The van der Waals surface area contributed by atoms with Crippen molar-refractivity contribution in [3.05, 3.63) is 34.9 Å². The van der Waals surface area contributed by atoms with Gasteiger partial charge in [0.1, 0.15) is 0 Å². The number of likely N-dealkylation sites (N-methyl/N-ethyl adjacent to an activating group) is 1. The summed E-state index contributed by atoms with van der Waals surface area (Å²) in [5.41, 5.74) is 1.29. The zero-order valence-corrected chi connectivity index (χ0v) is 11.0. The number of halogens is 1. The Hall–Kier alpha value is -0.220. The summed E-state index contributed by atoms with van der Waals surface area (Å²) in [6, 6.07) is 8.16. The van der Waals surface area contributed by atoms with Gasteiger partial charge in [-0.05, 0) is 36.9 Å². The van der Waals surface area contributed by atoms with Gasteiger partial charge in [0.05, 0.1) is 6.61 Å². The van der Waals surface area contributed by atoms with Crippen LogP contribution in [0.25, 0.3) is 0 Å². The fourth-order valence-electron chi connectivity index (χ4n) is 1.32. The van der Waals surface area contributed by atoms with Crippen molar-refractivity contribution < 1.29 is 5.11 Å². The lowest BCUT2D eigenvalue weighted by Crippen LogP contribution is -2.29. The average Bonchev–Trinajstić information content (AvgIpc) is 2.32. The van der Waals surface area contributed by atoms with Crippen molar-refractivity contribution in [1.29, 1.82) is 0 Å². The van der Waals surface area contributed by atoms with E-state index in [2.05, 4.69) is 17.4 Å². The van der Waals surface area contributed by atoms with Crippen molar-refractivity contribution in [1.82, 2.24) is 5.32 Å². The van der Waals surface area contributed by atoms with Gasteiger partial charge in [0, 0.05) is 16.8 Å². The molecule has 1 aromatic rings. The Labute approximate surface area is 106 Å². The molecule has 1 atom stereocenters. The molecule has 0 aliphatic heterocycles. The molecule has 0 saturated heterocycles. The molecule has 0 fully saturated rings. The molecule has 0 aliphatic rings. The molecule has 0 aliphatic carbocycles. The van der Waals surface area contributed by atoms with E-state index in [4.69, 9.17) is 16.7 Å². The smallest absolute Gasteiger partial charge is 0.0584 e. The second-order valence-electron chi connectivity index (χ2n) is 3.64. The molecule has 0 bridgehead atoms. The Morgan fingerprint density at radius 3 is 2.62 bits per heavy atom. The summed E-state index contributed by atoms with van der Waals surface area (Å²) in [7, 11) is 1.88. The molecular weight excluding hydrogens is 242 g/mol. The van der Waals surface area contributed by atoms with Gasteiger partial charge in [-0.2, -0.15) is 11.8 Å². The van der Waals surface area contributed by atoms with E-state index in [-0.39, 0.29) is 12.6 Å². The highest BCUT2D eigenvalue weighted by atomic mass is 35.5. The molecule has 0 heterocycles. The quantitative estimate of drug-likeness (QED) is 0.738. The Kier molecular flexibility index (Phi) is 6.88. The standard InChI is InChI=1S/C12H18ClNOS/c1-14-12(8-15)6-7-16-9-10-2-4-11(13)5-3-10/h2-5,12,14-15H,6-9H2,1H3. The molecular formula is C12H18ClNOS. The van der Waals surface area contributed by atoms with Gasteiger partial charge in [0.2, 0.25) is 0 Å². The van der Waals surface area contributed by atoms with E-state index in [1.165, 1.54) is 5.56 Å². The maximum Gasteiger partial charge on any atom is 0.0584 e. The lowest BCUT2D eigenvalue weighted by molar-refractivity contribution is 0.246. The van der Waals surface area contributed by atoms with Crippen LogP contribution in [0, 0.1) is 0 Å². The van der Waals surface area contributed by atoms with Crippen LogP contribution >= 0.6 is 23.4 Å². The van der Waals surface area contributed by atoms with E-state index < -0.39 is 0 Å². The zero-order chi connectivity index (χ0) is 11.8. The first kappa shape index (κ1) is 13.8. The van der Waals surface area contributed by atoms with E-state index in [0.717, 1.165) is 22.9 Å². The first-order valence-corrected chi connectivity index (χ1v) is 6.90. The molecule has 2 nitrogen and oxygen atoms in total. The SMILES string of the molecule is CNC(CO)CCSCc1ccc(Cl)cc1. The summed E-state index contributed by atoms with van der Waals surface area (Å²) >= 11 is 7.69. The fourth-order valence-corrected chi connectivity index (χ4v) is 2.47. The maximum absolute atomic E-state index is 8.99. The van der Waals surface area contributed by atoms with Crippen LogP contribution in [-0.4, -0.2) is 30.6 Å². The second-order valence-corrected chi connectivity index (χ2v) is 5.18. The number of thioether (sulfide) groups is 1. The van der Waals surface area contributed by atoms with Crippen molar-refractivity contribution in [2.45, 2.75) is 18.2 Å². The van der Waals surface area contributed by atoms with E-state index >= 15 is 0 Å². The summed E-state index contributed by atoms with van der Waals surface area (Å²) in [6.07, 6.45) is 0.991. The minimum atomic E-state index is 0.206. The van der Waals surface area contributed by atoms with E-state index in [0.29, 0.717) is 0 Å². The van der Waals surface area contributed by atoms with Crippen LogP contribution in [0.15, 0.2) is 24.3 Å². The second kappa shape index (κ2) is 7.96. The van der Waals surface area contributed by atoms with Crippen molar-refractivity contribution in [3.8, 4) is 0 Å². The molecule has 16 heavy (non-hydrogen) atoms. The number of nitrogens with one attached hydrogen (secondary N) is 1. The van der Waals surface area contributed by atoms with Crippen LogP contribution in [-0.2, 0) is 5.75 Å². The van der Waals surface area contributed by atoms with Gasteiger partial charge in [0.15, 0.2) is 0 Å². The molecule has 0 saturated carbocycles. The highest BCUT2D eigenvalue weighted by molar-refractivity contribution is 7.98. The van der Waals surface area contributed by atoms with Gasteiger partial charge in [-0.3, -0.25) is 0 Å². The van der Waals surface area contributed by atoms with Crippen molar-refractivity contribution in [3.63, 3.8) is 0 Å². The number of hydrogen-bond donors (Lipinski definition) is 2. The lowest BCUT2D eigenvalue weighted by Gasteiger charge is -2.12. The molecule has 0 amide bonds. The van der Waals surface area contributed by atoms with Crippen LogP contribution in [0.3, 0.4) is 0 Å². The maximum atomic E-state index is 8.99. The third-order valence-corrected chi connectivity index (χ3v) is 3.74. The first-order chi connectivity index (χ1) is 7.76. The molecule has 0 aromatic heterocycles. The average molecular weight is 260 g/mol. The van der Waals surface area contributed by atoms with Crippen LogP contribution in [0.1, 0.15) is 12.0 Å². The fraction of sp³-hybridized carbons (Fsp3) is 0.500. The third-order valence-electron chi connectivity index (χ3n) is 2.42. The van der Waals surface area contributed by atoms with Crippen molar-refractivity contribution in [2.24, 2.45) is 0 Å². The molecule has 0 spiro atoms. The Bertz CT molecular complexity index is 288. The molecule has 0 radical (unpaired) electrons. The minimum Gasteiger partial charge on any atom is -0.395 e.